The lowest BCUT2D eigenvalue weighted by atomic mass is 10.0. The number of nitrogens with two attached hydrogens (primary N) is 1. The first kappa shape index (κ1) is 13.3. The molecular formula is C8H16N4O2S2. The van der Waals surface area contributed by atoms with Gasteiger partial charge < -0.3 is 5.73 Å². The van der Waals surface area contributed by atoms with E-state index in [4.69, 9.17) is 5.73 Å². The smallest absolute Gasteiger partial charge is 0.270 e. The van der Waals surface area contributed by atoms with E-state index in [1.54, 1.807) is 0 Å². The molecule has 16 heavy (non-hydrogen) atoms. The van der Waals surface area contributed by atoms with Crippen LogP contribution < -0.4 is 10.5 Å². The largest absolute Gasteiger partial charge is 0.374 e. The molecule has 8 heteroatoms. The third kappa shape index (κ3) is 3.13. The maximum absolute atomic E-state index is 11.9. The van der Waals surface area contributed by atoms with Gasteiger partial charge in [-0.25, -0.2) is 13.1 Å². The maximum atomic E-state index is 11.9. The molecule has 1 aromatic rings. The predicted octanol–water partition coefficient (Wildman–Crippen LogP) is 0.833. The highest BCUT2D eigenvalue weighted by Gasteiger charge is 2.24. The Labute approximate surface area is 99.3 Å². The molecule has 1 aromatic heterocycles. The summed E-state index contributed by atoms with van der Waals surface area (Å²) in [6.07, 6.45) is 0.727. The summed E-state index contributed by atoms with van der Waals surface area (Å²) in [5.74, 6) is 0.227. The minimum Gasteiger partial charge on any atom is -0.374 e. The number of aromatic nitrogens is 2. The second kappa shape index (κ2) is 5.07. The van der Waals surface area contributed by atoms with E-state index >= 15 is 0 Å². The predicted molar refractivity (Wildman–Crippen MR) is 63.6 cm³/mol. The zero-order valence-electron chi connectivity index (χ0n) is 9.47. The molecule has 0 saturated heterocycles. The first-order valence-electron chi connectivity index (χ1n) is 4.98. The summed E-state index contributed by atoms with van der Waals surface area (Å²) in [7, 11) is -3.58. The first-order valence-corrected chi connectivity index (χ1v) is 7.28. The van der Waals surface area contributed by atoms with Crippen LogP contribution in [0.15, 0.2) is 4.34 Å². The van der Waals surface area contributed by atoms with Gasteiger partial charge in [0, 0.05) is 6.04 Å². The zero-order chi connectivity index (χ0) is 12.3. The van der Waals surface area contributed by atoms with Gasteiger partial charge in [0.05, 0.1) is 0 Å². The van der Waals surface area contributed by atoms with Crippen LogP contribution in [0.3, 0.4) is 0 Å². The number of nitrogens with one attached hydrogen (secondary N) is 1. The van der Waals surface area contributed by atoms with Gasteiger partial charge in [-0.15, -0.1) is 10.2 Å². The van der Waals surface area contributed by atoms with Crippen molar-refractivity contribution in [3.8, 4) is 0 Å². The Morgan fingerprint density at radius 1 is 1.44 bits per heavy atom. The van der Waals surface area contributed by atoms with Gasteiger partial charge in [0.25, 0.3) is 10.0 Å². The second-order valence-corrected chi connectivity index (χ2v) is 6.68. The molecule has 0 aliphatic rings. The minimum atomic E-state index is -3.58. The molecule has 0 saturated carbocycles. The fourth-order valence-electron chi connectivity index (χ4n) is 1.27. The average Bonchev–Trinajstić information content (AvgIpc) is 2.61. The molecule has 0 amide bonds. The average molecular weight is 264 g/mol. The fraction of sp³-hybridized carbons (Fsp3) is 0.750. The van der Waals surface area contributed by atoms with Crippen molar-refractivity contribution < 1.29 is 8.42 Å². The van der Waals surface area contributed by atoms with Gasteiger partial charge in [-0.2, -0.15) is 0 Å². The lowest BCUT2D eigenvalue weighted by Crippen LogP contribution is -2.37. The van der Waals surface area contributed by atoms with Crippen molar-refractivity contribution in [1.82, 2.24) is 14.9 Å². The highest BCUT2D eigenvalue weighted by Crippen LogP contribution is 2.18. The molecule has 3 N–H and O–H groups in total. The van der Waals surface area contributed by atoms with Gasteiger partial charge in [-0.3, -0.25) is 0 Å². The number of hydrogen-bond acceptors (Lipinski definition) is 6. The molecule has 6 nitrogen and oxygen atoms in total. The van der Waals surface area contributed by atoms with E-state index in [9.17, 15) is 8.42 Å². The van der Waals surface area contributed by atoms with Crippen molar-refractivity contribution in [2.45, 2.75) is 37.6 Å². The van der Waals surface area contributed by atoms with Crippen LogP contribution in [-0.2, 0) is 10.0 Å². The SMILES string of the molecule is CCC(NS(=O)(=O)c1nnc(N)s1)C(C)C. The molecule has 0 fully saturated rings. The van der Waals surface area contributed by atoms with Crippen molar-refractivity contribution in [3.05, 3.63) is 0 Å². The Balaban J connectivity index is 2.87. The molecule has 1 heterocycles. The number of hydrogen-bond donors (Lipinski definition) is 2. The van der Waals surface area contributed by atoms with Crippen molar-refractivity contribution in [2.75, 3.05) is 5.73 Å². The van der Waals surface area contributed by atoms with Crippen LogP contribution in [0.5, 0.6) is 0 Å². The third-order valence-electron chi connectivity index (χ3n) is 2.20. The molecule has 0 bridgehead atoms. The molecular weight excluding hydrogens is 248 g/mol. The topological polar surface area (TPSA) is 98.0 Å². The van der Waals surface area contributed by atoms with Crippen LogP contribution in [0.1, 0.15) is 27.2 Å². The highest BCUT2D eigenvalue weighted by molar-refractivity contribution is 7.91. The van der Waals surface area contributed by atoms with Gasteiger partial charge in [0.1, 0.15) is 0 Å². The highest BCUT2D eigenvalue weighted by atomic mass is 32.2. The molecule has 0 radical (unpaired) electrons. The maximum Gasteiger partial charge on any atom is 0.270 e. The number of anilines is 1. The van der Waals surface area contributed by atoms with E-state index in [2.05, 4.69) is 14.9 Å². The molecule has 0 spiro atoms. The van der Waals surface area contributed by atoms with Gasteiger partial charge in [-0.1, -0.05) is 32.1 Å². The van der Waals surface area contributed by atoms with Gasteiger partial charge in [0.15, 0.2) is 0 Å². The summed E-state index contributed by atoms with van der Waals surface area (Å²) in [6, 6.07) is -0.102. The number of sulfonamides is 1. The van der Waals surface area contributed by atoms with E-state index in [1.807, 2.05) is 20.8 Å². The van der Waals surface area contributed by atoms with Crippen molar-refractivity contribution in [1.29, 1.82) is 0 Å². The first-order chi connectivity index (χ1) is 7.36. The second-order valence-electron chi connectivity index (χ2n) is 3.79. The Hall–Kier alpha value is -0.730. The van der Waals surface area contributed by atoms with Crippen LogP contribution in [0, 0.1) is 5.92 Å². The summed E-state index contributed by atoms with van der Waals surface area (Å²) in [4.78, 5) is 0. The molecule has 1 atom stereocenters. The zero-order valence-corrected chi connectivity index (χ0v) is 11.1. The van der Waals surface area contributed by atoms with Gasteiger partial charge in [-0.05, 0) is 12.3 Å². The van der Waals surface area contributed by atoms with Crippen LogP contribution in [0.25, 0.3) is 0 Å². The Bertz CT molecular complexity index is 441. The number of nitrogen functional groups attached to an aromatic ring is 1. The molecule has 0 aromatic carbocycles. The van der Waals surface area contributed by atoms with Crippen LogP contribution >= 0.6 is 11.3 Å². The summed E-state index contributed by atoms with van der Waals surface area (Å²) >= 11 is 0.864. The Morgan fingerprint density at radius 2 is 2.06 bits per heavy atom. The quantitative estimate of drug-likeness (QED) is 0.821. The van der Waals surface area contributed by atoms with Crippen molar-refractivity contribution >= 4 is 26.5 Å². The normalized spacial score (nSPS) is 14.2. The standard InChI is InChI=1S/C8H16N4O2S2/c1-4-6(5(2)3)12-16(13,14)8-11-10-7(9)15-8/h5-6,12H,4H2,1-3H3,(H2,9,10). The van der Waals surface area contributed by atoms with Gasteiger partial charge in [0.2, 0.25) is 9.47 Å². The summed E-state index contributed by atoms with van der Waals surface area (Å²) in [5, 5.41) is 7.17. The van der Waals surface area contributed by atoms with Crippen LogP contribution in [-0.4, -0.2) is 24.7 Å². The van der Waals surface area contributed by atoms with E-state index < -0.39 is 10.0 Å². The van der Waals surface area contributed by atoms with Gasteiger partial charge >= 0.3 is 0 Å². The monoisotopic (exact) mass is 264 g/mol. The molecule has 0 aliphatic carbocycles. The number of nitrogens with zero attached hydrogens (tertiary/aromatic N) is 2. The number of rotatable bonds is 5. The van der Waals surface area contributed by atoms with E-state index in [0.29, 0.717) is 0 Å². The van der Waals surface area contributed by atoms with Crippen molar-refractivity contribution in [3.63, 3.8) is 0 Å². The third-order valence-corrected chi connectivity index (χ3v) is 4.81. The summed E-state index contributed by atoms with van der Waals surface area (Å²) < 4.78 is 26.2. The van der Waals surface area contributed by atoms with E-state index in [-0.39, 0.29) is 21.4 Å². The molecule has 0 aliphatic heterocycles. The molecule has 92 valence electrons. The van der Waals surface area contributed by atoms with E-state index in [1.165, 1.54) is 0 Å². The summed E-state index contributed by atoms with van der Waals surface area (Å²) in [5.41, 5.74) is 5.35. The van der Waals surface area contributed by atoms with Crippen LogP contribution in [0.4, 0.5) is 5.13 Å². The van der Waals surface area contributed by atoms with E-state index in [0.717, 1.165) is 17.8 Å². The molecule has 1 unspecified atom stereocenters. The van der Waals surface area contributed by atoms with Crippen LogP contribution in [0.2, 0.25) is 0 Å². The fourth-order valence-corrected chi connectivity index (χ4v) is 3.54. The lowest BCUT2D eigenvalue weighted by molar-refractivity contribution is 0.437. The summed E-state index contributed by atoms with van der Waals surface area (Å²) in [6.45, 7) is 5.86. The minimum absolute atomic E-state index is 0.0795. The Kier molecular flexibility index (Phi) is 4.22. The lowest BCUT2D eigenvalue weighted by Gasteiger charge is -2.19. The molecule has 1 rings (SSSR count). The van der Waals surface area contributed by atoms with Crippen molar-refractivity contribution in [2.24, 2.45) is 5.92 Å². The Morgan fingerprint density at radius 3 is 2.44 bits per heavy atom.